The molecule has 0 saturated carbocycles. The monoisotopic (exact) mass is 304 g/mol. The van der Waals surface area contributed by atoms with Crippen molar-refractivity contribution in [2.75, 3.05) is 13.1 Å². The Morgan fingerprint density at radius 2 is 1.65 bits per heavy atom. The van der Waals surface area contributed by atoms with Crippen LogP contribution < -0.4 is 5.43 Å². The number of pyridine rings is 1. The first-order chi connectivity index (χ1) is 11.3. The lowest BCUT2D eigenvalue weighted by molar-refractivity contribution is 0.279. The van der Waals surface area contributed by atoms with E-state index in [2.05, 4.69) is 34.1 Å². The first-order valence-corrected chi connectivity index (χ1v) is 8.20. The number of fused-ring (bicyclic) bond motifs is 2. The molecule has 116 valence electrons. The third-order valence-electron chi connectivity index (χ3n) is 4.70. The highest BCUT2D eigenvalue weighted by atomic mass is 16.1. The van der Waals surface area contributed by atoms with Crippen LogP contribution in [0.5, 0.6) is 0 Å². The Kier molecular flexibility index (Phi) is 3.72. The van der Waals surface area contributed by atoms with Gasteiger partial charge in [0, 0.05) is 48.2 Å². The lowest BCUT2D eigenvalue weighted by Crippen LogP contribution is -2.26. The minimum absolute atomic E-state index is 0.205. The van der Waals surface area contributed by atoms with Gasteiger partial charge in [0.1, 0.15) is 0 Å². The summed E-state index contributed by atoms with van der Waals surface area (Å²) in [7, 11) is 0. The van der Waals surface area contributed by atoms with E-state index in [9.17, 15) is 4.79 Å². The molecule has 0 radical (unpaired) electrons. The fraction of sp³-hybridized carbons (Fsp3) is 0.250. The molecule has 0 aliphatic carbocycles. The SMILES string of the molecule is O=c1c2c([nH]c3ccccc13)CCN(Cc1ccccc1)CC2. The molecule has 23 heavy (non-hydrogen) atoms. The molecule has 1 aliphatic heterocycles. The molecular formula is C20H20N2O. The van der Waals surface area contributed by atoms with Gasteiger partial charge in [-0.1, -0.05) is 42.5 Å². The van der Waals surface area contributed by atoms with Gasteiger partial charge in [-0.2, -0.15) is 0 Å². The summed E-state index contributed by atoms with van der Waals surface area (Å²) < 4.78 is 0. The number of nitrogens with zero attached hydrogens (tertiary/aromatic N) is 1. The maximum absolute atomic E-state index is 12.8. The Labute approximate surface area is 135 Å². The minimum atomic E-state index is 0.205. The molecule has 0 amide bonds. The van der Waals surface area contributed by atoms with Crippen LogP contribution in [0.25, 0.3) is 10.9 Å². The number of rotatable bonds is 2. The predicted octanol–water partition coefficient (Wildman–Crippen LogP) is 3.13. The van der Waals surface area contributed by atoms with Crippen LogP contribution in [0.4, 0.5) is 0 Å². The number of aromatic nitrogens is 1. The van der Waals surface area contributed by atoms with Gasteiger partial charge in [0.05, 0.1) is 0 Å². The van der Waals surface area contributed by atoms with E-state index in [0.29, 0.717) is 0 Å². The first-order valence-electron chi connectivity index (χ1n) is 8.20. The highest BCUT2D eigenvalue weighted by Crippen LogP contribution is 2.17. The molecule has 2 aromatic carbocycles. The molecule has 1 N–H and O–H groups in total. The molecule has 0 atom stereocenters. The second kappa shape index (κ2) is 6.01. The van der Waals surface area contributed by atoms with Gasteiger partial charge in [-0.15, -0.1) is 0 Å². The van der Waals surface area contributed by atoms with Crippen molar-refractivity contribution < 1.29 is 0 Å². The van der Waals surface area contributed by atoms with E-state index in [1.807, 2.05) is 30.3 Å². The zero-order valence-electron chi connectivity index (χ0n) is 13.1. The van der Waals surface area contributed by atoms with E-state index in [1.54, 1.807) is 0 Å². The van der Waals surface area contributed by atoms with Gasteiger partial charge in [-0.3, -0.25) is 9.69 Å². The van der Waals surface area contributed by atoms with Crippen LogP contribution in [-0.2, 0) is 19.4 Å². The van der Waals surface area contributed by atoms with Crippen LogP contribution in [-0.4, -0.2) is 23.0 Å². The summed E-state index contributed by atoms with van der Waals surface area (Å²) in [5.41, 5.74) is 4.57. The van der Waals surface area contributed by atoms with Gasteiger partial charge in [-0.05, 0) is 24.1 Å². The Hall–Kier alpha value is -2.39. The second-order valence-electron chi connectivity index (χ2n) is 6.22. The predicted molar refractivity (Wildman–Crippen MR) is 93.7 cm³/mol. The Morgan fingerprint density at radius 1 is 0.913 bits per heavy atom. The smallest absolute Gasteiger partial charge is 0.192 e. The van der Waals surface area contributed by atoms with Crippen LogP contribution >= 0.6 is 0 Å². The van der Waals surface area contributed by atoms with Gasteiger partial charge < -0.3 is 4.98 Å². The molecule has 4 rings (SSSR count). The van der Waals surface area contributed by atoms with Gasteiger partial charge in [0.2, 0.25) is 0 Å². The van der Waals surface area contributed by atoms with Crippen molar-refractivity contribution in [1.29, 1.82) is 0 Å². The van der Waals surface area contributed by atoms with Crippen LogP contribution in [0.2, 0.25) is 0 Å². The van der Waals surface area contributed by atoms with Crippen molar-refractivity contribution in [2.45, 2.75) is 19.4 Å². The summed E-state index contributed by atoms with van der Waals surface area (Å²) in [6.07, 6.45) is 1.73. The maximum atomic E-state index is 12.8. The number of aromatic amines is 1. The number of benzene rings is 2. The Morgan fingerprint density at radius 3 is 2.52 bits per heavy atom. The Balaban J connectivity index is 1.62. The standard InChI is InChI=1S/C20H20N2O/c23-20-16-8-4-5-9-18(16)21-19-11-13-22(12-10-17(19)20)14-15-6-2-1-3-7-15/h1-9H,10-14H2,(H,21,23). The topological polar surface area (TPSA) is 36.1 Å². The molecule has 0 saturated heterocycles. The molecule has 3 aromatic rings. The summed E-state index contributed by atoms with van der Waals surface area (Å²) in [6.45, 7) is 2.86. The van der Waals surface area contributed by atoms with Crippen molar-refractivity contribution >= 4 is 10.9 Å². The molecule has 0 spiro atoms. The lowest BCUT2D eigenvalue weighted by atomic mass is 10.0. The molecule has 1 aromatic heterocycles. The first kappa shape index (κ1) is 14.2. The van der Waals surface area contributed by atoms with Crippen molar-refractivity contribution in [3.8, 4) is 0 Å². The van der Waals surface area contributed by atoms with E-state index in [1.165, 1.54) is 5.56 Å². The second-order valence-corrected chi connectivity index (χ2v) is 6.22. The Bertz CT molecular complexity index is 883. The lowest BCUT2D eigenvalue weighted by Gasteiger charge is -2.19. The van der Waals surface area contributed by atoms with Gasteiger partial charge >= 0.3 is 0 Å². The van der Waals surface area contributed by atoms with Gasteiger partial charge in [0.15, 0.2) is 5.43 Å². The van der Waals surface area contributed by atoms with Crippen LogP contribution in [0.3, 0.4) is 0 Å². The summed E-state index contributed by atoms with van der Waals surface area (Å²) in [5, 5.41) is 0.808. The van der Waals surface area contributed by atoms with E-state index >= 15 is 0 Å². The van der Waals surface area contributed by atoms with Crippen LogP contribution in [0.15, 0.2) is 59.4 Å². The summed E-state index contributed by atoms with van der Waals surface area (Å²) >= 11 is 0. The number of H-pyrrole nitrogens is 1. The van der Waals surface area contributed by atoms with Crippen molar-refractivity contribution in [2.24, 2.45) is 0 Å². The zero-order chi connectivity index (χ0) is 15.6. The fourth-order valence-corrected chi connectivity index (χ4v) is 3.46. The van der Waals surface area contributed by atoms with Crippen molar-refractivity contribution in [3.63, 3.8) is 0 Å². The highest BCUT2D eigenvalue weighted by Gasteiger charge is 2.18. The molecule has 3 nitrogen and oxygen atoms in total. The van der Waals surface area contributed by atoms with E-state index in [4.69, 9.17) is 0 Å². The number of hydrogen-bond donors (Lipinski definition) is 1. The van der Waals surface area contributed by atoms with Crippen molar-refractivity contribution in [1.82, 2.24) is 9.88 Å². The van der Waals surface area contributed by atoms with E-state index < -0.39 is 0 Å². The third-order valence-corrected chi connectivity index (χ3v) is 4.70. The summed E-state index contributed by atoms with van der Waals surface area (Å²) in [4.78, 5) is 18.7. The van der Waals surface area contributed by atoms with E-state index in [0.717, 1.165) is 54.6 Å². The number of nitrogens with one attached hydrogen (secondary N) is 1. The molecule has 2 heterocycles. The average Bonchev–Trinajstić information content (AvgIpc) is 2.79. The van der Waals surface area contributed by atoms with Crippen molar-refractivity contribution in [3.05, 3.63) is 81.6 Å². The normalized spacial score (nSPS) is 15.3. The quantitative estimate of drug-likeness (QED) is 0.789. The molecule has 3 heteroatoms. The number of para-hydroxylation sites is 1. The third kappa shape index (κ3) is 2.80. The zero-order valence-corrected chi connectivity index (χ0v) is 13.1. The van der Waals surface area contributed by atoms with E-state index in [-0.39, 0.29) is 5.43 Å². The fourth-order valence-electron chi connectivity index (χ4n) is 3.46. The maximum Gasteiger partial charge on any atom is 0.192 e. The highest BCUT2D eigenvalue weighted by molar-refractivity contribution is 5.79. The molecular weight excluding hydrogens is 284 g/mol. The minimum Gasteiger partial charge on any atom is -0.358 e. The molecule has 0 fully saturated rings. The van der Waals surface area contributed by atoms with Crippen LogP contribution in [0, 0.1) is 0 Å². The summed E-state index contributed by atoms with van der Waals surface area (Å²) in [5.74, 6) is 0. The number of hydrogen-bond acceptors (Lipinski definition) is 2. The summed E-state index contributed by atoms with van der Waals surface area (Å²) in [6, 6.07) is 18.4. The molecule has 0 bridgehead atoms. The van der Waals surface area contributed by atoms with Gasteiger partial charge in [0.25, 0.3) is 0 Å². The van der Waals surface area contributed by atoms with Crippen LogP contribution in [0.1, 0.15) is 16.8 Å². The van der Waals surface area contributed by atoms with Gasteiger partial charge in [-0.25, -0.2) is 0 Å². The average molecular weight is 304 g/mol. The molecule has 0 unspecified atom stereocenters. The molecule has 1 aliphatic rings. The largest absolute Gasteiger partial charge is 0.358 e.